The first-order valence-electron chi connectivity index (χ1n) is 7.64. The zero-order chi connectivity index (χ0) is 18.9. The number of hydrogen-bond donors (Lipinski definition) is 1. The molecule has 0 spiro atoms. The molecular weight excluding hydrogens is 528 g/mol. The Bertz CT molecular complexity index is 902. The summed E-state index contributed by atoms with van der Waals surface area (Å²) in [6.07, 6.45) is 4.02. The van der Waals surface area contributed by atoms with Gasteiger partial charge in [0.05, 0.1) is 0 Å². The molecule has 1 aromatic heterocycles. The summed E-state index contributed by atoms with van der Waals surface area (Å²) >= 11 is 0. The third-order valence-electron chi connectivity index (χ3n) is 3.26. The number of hydrogen-bond acceptors (Lipinski definition) is 2. The maximum absolute atomic E-state index is 13.5. The average Bonchev–Trinajstić information content (AvgIpc) is 2.63. The van der Waals surface area contributed by atoms with E-state index in [0.717, 1.165) is 17.7 Å². The minimum Gasteiger partial charge on any atom is -0.521 e. The Kier molecular flexibility index (Phi) is 9.20. The molecule has 0 aliphatic carbocycles. The molecule has 141 valence electrons. The predicted molar refractivity (Wildman–Crippen MR) is 94.6 cm³/mol. The van der Waals surface area contributed by atoms with E-state index in [-0.39, 0.29) is 31.2 Å². The summed E-state index contributed by atoms with van der Waals surface area (Å²) in [7, 11) is 0. The molecule has 0 fully saturated rings. The normalized spacial score (nSPS) is 9.41. The summed E-state index contributed by atoms with van der Waals surface area (Å²) in [5.41, 5.74) is 1.80. The zero-order valence-corrected chi connectivity index (χ0v) is 16.5. The molecule has 0 unspecified atom stereocenters. The van der Waals surface area contributed by atoms with Gasteiger partial charge in [0.1, 0.15) is 0 Å². The molecule has 1 heterocycles. The molecule has 0 saturated heterocycles. The maximum Gasteiger partial charge on any atom is 0.247 e. The van der Waals surface area contributed by atoms with E-state index in [4.69, 9.17) is 5.11 Å². The number of allylic oxidation sites excluding steroid dienone is 1. The van der Waals surface area contributed by atoms with E-state index in [0.29, 0.717) is 12.1 Å². The number of nitrogens with zero attached hydrogens (tertiary/aromatic N) is 1. The molecule has 1 N–H and O–H groups in total. The summed E-state index contributed by atoms with van der Waals surface area (Å²) in [5, 5.41) is 8.35. The van der Waals surface area contributed by atoms with E-state index >= 15 is 0 Å². The summed E-state index contributed by atoms with van der Waals surface area (Å²) in [4.78, 5) is 14.2. The first-order valence-corrected chi connectivity index (χ1v) is 7.64. The molecule has 3 aromatic rings. The zero-order valence-electron chi connectivity index (χ0n) is 14.1. The molecule has 0 aliphatic rings. The molecule has 0 atom stereocenters. The van der Waals surface area contributed by atoms with E-state index in [2.05, 4.69) is 23.7 Å². The van der Waals surface area contributed by atoms with Crippen LogP contribution < -0.4 is 0 Å². The van der Waals surface area contributed by atoms with Crippen LogP contribution in [0.5, 0.6) is 0 Å². The van der Waals surface area contributed by atoms with E-state index in [1.165, 1.54) is 6.07 Å². The van der Waals surface area contributed by atoms with Gasteiger partial charge < -0.3 is 14.9 Å². The van der Waals surface area contributed by atoms with Crippen molar-refractivity contribution in [2.45, 2.75) is 6.42 Å². The molecule has 0 saturated carbocycles. The van der Waals surface area contributed by atoms with Crippen LogP contribution in [0.4, 0.5) is 8.78 Å². The van der Waals surface area contributed by atoms with Crippen molar-refractivity contribution in [1.29, 1.82) is 0 Å². The molecule has 0 aliphatic heterocycles. The molecule has 27 heavy (non-hydrogen) atoms. The summed E-state index contributed by atoms with van der Waals surface area (Å²) in [5.74, 6) is -2.24. The van der Waals surface area contributed by atoms with Gasteiger partial charge in [-0.1, -0.05) is 29.3 Å². The van der Waals surface area contributed by atoms with Crippen molar-refractivity contribution in [3.8, 4) is 11.3 Å². The Morgan fingerprint density at radius 3 is 2.56 bits per heavy atom. The van der Waals surface area contributed by atoms with Gasteiger partial charge >= 0.3 is 0 Å². The van der Waals surface area contributed by atoms with E-state index in [9.17, 15) is 13.6 Å². The van der Waals surface area contributed by atoms with Crippen LogP contribution in [0.15, 0.2) is 67.4 Å². The number of pyridine rings is 1. The van der Waals surface area contributed by atoms with Gasteiger partial charge in [0.15, 0.2) is 0 Å². The number of halogens is 2. The van der Waals surface area contributed by atoms with Crippen LogP contribution in [0, 0.1) is 23.8 Å². The van der Waals surface area contributed by atoms with Gasteiger partial charge in [-0.2, -0.15) is 0 Å². The monoisotopic (exact) mass is 544 g/mol. The Morgan fingerprint density at radius 1 is 1.22 bits per heavy atom. The van der Waals surface area contributed by atoms with Crippen molar-refractivity contribution in [3.63, 3.8) is 0 Å². The standard InChI is InChI=1S/C14H10F2N.C7H5O2.Ir/c1-2-3-10-6-7-17-14(8-10)12-5-4-11(15)9-13(12)16;8-7(9)6-4-2-1-3-5-6;/h2,4,6-9H,1,3H2;1-4H,(H,8,9);/q2*-1;. The van der Waals surface area contributed by atoms with E-state index in [1.807, 2.05) is 6.07 Å². The maximum atomic E-state index is 13.5. The largest absolute Gasteiger partial charge is 0.521 e. The smallest absolute Gasteiger partial charge is 0.247 e. The van der Waals surface area contributed by atoms with Crippen LogP contribution in [0.25, 0.3) is 11.3 Å². The molecule has 1 radical (unpaired) electrons. The third kappa shape index (κ3) is 6.85. The molecule has 3 nitrogen and oxygen atoms in total. The second-order valence-corrected chi connectivity index (χ2v) is 5.16. The average molecular weight is 544 g/mol. The van der Waals surface area contributed by atoms with Gasteiger partial charge in [-0.3, -0.25) is 8.78 Å². The molecule has 3 rings (SSSR count). The molecule has 0 bridgehead atoms. The predicted octanol–water partition coefficient (Wildman–Crippen LogP) is 4.74. The van der Waals surface area contributed by atoms with Gasteiger partial charge in [0.2, 0.25) is 5.97 Å². The van der Waals surface area contributed by atoms with Crippen molar-refractivity contribution < 1.29 is 38.8 Å². The number of carboxylic acid groups (broad SMARTS) is 1. The SMILES string of the molecule is C=CCc1ccnc(-c2[c-]cc(F)cc2F)c1.O=C(O)c1[c-]cccc1.[Ir]. The van der Waals surface area contributed by atoms with Crippen molar-refractivity contribution in [2.75, 3.05) is 0 Å². The van der Waals surface area contributed by atoms with E-state index < -0.39 is 17.6 Å². The number of carboxylic acids is 1. The molecule has 0 amide bonds. The number of rotatable bonds is 4. The number of benzene rings is 2. The Balaban J connectivity index is 0.000000310. The van der Waals surface area contributed by atoms with Crippen molar-refractivity contribution >= 4 is 5.97 Å². The molecular formula is C21H15F2IrNO2-2. The second-order valence-electron chi connectivity index (χ2n) is 5.16. The quantitative estimate of drug-likeness (QED) is 0.382. The van der Waals surface area contributed by atoms with Crippen molar-refractivity contribution in [3.05, 3.63) is 102 Å². The van der Waals surface area contributed by atoms with Crippen LogP contribution >= 0.6 is 0 Å². The fourth-order valence-corrected chi connectivity index (χ4v) is 2.07. The first-order chi connectivity index (χ1) is 12.5. The molecule has 2 aromatic carbocycles. The fourth-order valence-electron chi connectivity index (χ4n) is 2.07. The first kappa shape index (κ1) is 22.4. The molecule has 6 heteroatoms. The Morgan fingerprint density at radius 2 is 2.00 bits per heavy atom. The Hall–Kier alpha value is -2.69. The summed E-state index contributed by atoms with van der Waals surface area (Å²) in [6, 6.07) is 17.1. The third-order valence-corrected chi connectivity index (χ3v) is 3.26. The topological polar surface area (TPSA) is 50.2 Å². The van der Waals surface area contributed by atoms with Crippen LogP contribution in [-0.2, 0) is 26.5 Å². The number of carbonyl (C=O) groups is 1. The van der Waals surface area contributed by atoms with Gasteiger partial charge in [0.25, 0.3) is 0 Å². The minimum absolute atomic E-state index is 0. The Labute approximate surface area is 169 Å². The second kappa shape index (κ2) is 11.1. The number of aromatic carboxylic acids is 1. The van der Waals surface area contributed by atoms with Crippen LogP contribution in [-0.4, -0.2) is 16.1 Å². The van der Waals surface area contributed by atoms with E-state index in [1.54, 1.807) is 36.5 Å². The summed E-state index contributed by atoms with van der Waals surface area (Å²) in [6.45, 7) is 3.64. The fraction of sp³-hybridized carbons (Fsp3) is 0.0476. The van der Waals surface area contributed by atoms with Crippen LogP contribution in [0.2, 0.25) is 0 Å². The summed E-state index contributed by atoms with van der Waals surface area (Å²) < 4.78 is 26.3. The number of aromatic nitrogens is 1. The van der Waals surface area contributed by atoms with Crippen molar-refractivity contribution in [2.24, 2.45) is 0 Å². The van der Waals surface area contributed by atoms with Gasteiger partial charge in [0, 0.05) is 37.9 Å². The van der Waals surface area contributed by atoms with Gasteiger partial charge in [-0.15, -0.1) is 49.0 Å². The minimum atomic E-state index is -0.935. The van der Waals surface area contributed by atoms with Crippen LogP contribution in [0.3, 0.4) is 0 Å². The van der Waals surface area contributed by atoms with Crippen molar-refractivity contribution in [1.82, 2.24) is 4.98 Å². The van der Waals surface area contributed by atoms with Gasteiger partial charge in [-0.25, -0.2) is 0 Å². The van der Waals surface area contributed by atoms with Gasteiger partial charge in [-0.05, 0) is 23.7 Å². The van der Waals surface area contributed by atoms with Crippen LogP contribution in [0.1, 0.15) is 15.9 Å².